The van der Waals surface area contributed by atoms with Crippen molar-refractivity contribution in [2.24, 2.45) is 0 Å². The molecule has 206 valence electrons. The van der Waals surface area contributed by atoms with Gasteiger partial charge in [-0.3, -0.25) is 9.59 Å². The standard InChI is InChI=1S/C25H37F2N5O5/c1-24(2,3)36-23(35)28-17(14-31-15-25(26,27)11-10-19(31)33)13-20(34)32-12-6-9-18(32)22-29-21(30-37-22)16-7-4-5-8-16/h16-18H,4-15H2,1-3H3,(H,28,35)/t17-,18-/m0/s1. The quantitative estimate of drug-likeness (QED) is 0.573. The Morgan fingerprint density at radius 2 is 1.95 bits per heavy atom. The summed E-state index contributed by atoms with van der Waals surface area (Å²) in [7, 11) is 0. The van der Waals surface area contributed by atoms with Crippen LogP contribution < -0.4 is 5.32 Å². The van der Waals surface area contributed by atoms with Gasteiger partial charge >= 0.3 is 6.09 Å². The molecule has 1 aromatic rings. The molecule has 1 saturated carbocycles. The van der Waals surface area contributed by atoms with Crippen LogP contribution in [0.25, 0.3) is 0 Å². The normalized spacial score (nSPS) is 23.4. The molecule has 3 fully saturated rings. The summed E-state index contributed by atoms with van der Waals surface area (Å²) in [5.74, 6) is -2.37. The number of alkyl halides is 2. The van der Waals surface area contributed by atoms with Gasteiger partial charge in [0.05, 0.1) is 12.6 Å². The molecule has 1 aromatic heterocycles. The second-order valence-corrected chi connectivity index (χ2v) is 11.4. The second kappa shape index (κ2) is 10.9. The Hall–Kier alpha value is -2.79. The number of nitrogens with one attached hydrogen (secondary N) is 1. The zero-order chi connectivity index (χ0) is 26.8. The van der Waals surface area contributed by atoms with Crippen molar-refractivity contribution < 1.29 is 32.4 Å². The zero-order valence-corrected chi connectivity index (χ0v) is 21.8. The molecule has 2 aliphatic heterocycles. The monoisotopic (exact) mass is 525 g/mol. The lowest BCUT2D eigenvalue weighted by Gasteiger charge is -2.35. The number of carbonyl (C=O) groups is 3. The lowest BCUT2D eigenvalue weighted by Crippen LogP contribution is -2.53. The largest absolute Gasteiger partial charge is 0.444 e. The zero-order valence-electron chi connectivity index (χ0n) is 21.8. The first-order chi connectivity index (χ1) is 17.4. The Labute approximate surface area is 215 Å². The lowest BCUT2D eigenvalue weighted by molar-refractivity contribution is -0.148. The molecule has 0 bridgehead atoms. The Morgan fingerprint density at radius 1 is 1.22 bits per heavy atom. The maximum atomic E-state index is 14.0. The van der Waals surface area contributed by atoms with Crippen molar-refractivity contribution in [2.45, 2.75) is 108 Å². The summed E-state index contributed by atoms with van der Waals surface area (Å²) in [5, 5.41) is 6.78. The topological polar surface area (TPSA) is 118 Å². The number of hydrogen-bond acceptors (Lipinski definition) is 7. The highest BCUT2D eigenvalue weighted by Gasteiger charge is 2.41. The fourth-order valence-electron chi connectivity index (χ4n) is 5.34. The minimum Gasteiger partial charge on any atom is -0.444 e. The molecule has 37 heavy (non-hydrogen) atoms. The van der Waals surface area contributed by atoms with Crippen molar-refractivity contribution in [3.05, 3.63) is 11.7 Å². The molecule has 4 rings (SSSR count). The molecule has 10 nitrogen and oxygen atoms in total. The summed E-state index contributed by atoms with van der Waals surface area (Å²) in [4.78, 5) is 45.5. The van der Waals surface area contributed by atoms with E-state index in [0.29, 0.717) is 24.7 Å². The van der Waals surface area contributed by atoms with Crippen molar-refractivity contribution in [1.29, 1.82) is 0 Å². The van der Waals surface area contributed by atoms with E-state index in [2.05, 4.69) is 15.5 Å². The van der Waals surface area contributed by atoms with E-state index in [1.54, 1.807) is 25.7 Å². The highest BCUT2D eigenvalue weighted by atomic mass is 19.3. The van der Waals surface area contributed by atoms with E-state index in [9.17, 15) is 23.2 Å². The Morgan fingerprint density at radius 3 is 2.65 bits per heavy atom. The summed E-state index contributed by atoms with van der Waals surface area (Å²) in [6.45, 7) is 4.60. The molecule has 2 atom stereocenters. The van der Waals surface area contributed by atoms with Crippen LogP contribution in [-0.2, 0) is 14.3 Å². The molecule has 3 amide bonds. The third-order valence-corrected chi connectivity index (χ3v) is 7.10. The maximum Gasteiger partial charge on any atom is 0.407 e. The number of hydrogen-bond donors (Lipinski definition) is 1. The second-order valence-electron chi connectivity index (χ2n) is 11.4. The predicted molar refractivity (Wildman–Crippen MR) is 128 cm³/mol. The molecule has 0 radical (unpaired) electrons. The number of piperidine rings is 1. The molecule has 3 aliphatic rings. The van der Waals surface area contributed by atoms with Gasteiger partial charge < -0.3 is 24.4 Å². The predicted octanol–water partition coefficient (Wildman–Crippen LogP) is 3.93. The molecule has 1 N–H and O–H groups in total. The van der Waals surface area contributed by atoms with Gasteiger partial charge in [0.2, 0.25) is 17.7 Å². The fraction of sp³-hybridized carbons (Fsp3) is 0.800. The Bertz CT molecular complexity index is 988. The van der Waals surface area contributed by atoms with Gasteiger partial charge in [0.25, 0.3) is 5.92 Å². The van der Waals surface area contributed by atoms with E-state index in [4.69, 9.17) is 9.26 Å². The molecule has 12 heteroatoms. The van der Waals surface area contributed by atoms with E-state index in [-0.39, 0.29) is 37.3 Å². The number of ether oxygens (including phenoxy) is 1. The van der Waals surface area contributed by atoms with Crippen molar-refractivity contribution in [3.63, 3.8) is 0 Å². The van der Waals surface area contributed by atoms with Crippen LogP contribution in [-0.4, -0.2) is 75.0 Å². The van der Waals surface area contributed by atoms with Crippen LogP contribution in [0.4, 0.5) is 13.6 Å². The van der Waals surface area contributed by atoms with Crippen molar-refractivity contribution in [3.8, 4) is 0 Å². The highest BCUT2D eigenvalue weighted by molar-refractivity contribution is 5.80. The van der Waals surface area contributed by atoms with Gasteiger partial charge in [-0.15, -0.1) is 0 Å². The molecule has 2 saturated heterocycles. The number of rotatable bonds is 7. The van der Waals surface area contributed by atoms with Gasteiger partial charge in [0.1, 0.15) is 11.6 Å². The number of aromatic nitrogens is 2. The molecule has 3 heterocycles. The van der Waals surface area contributed by atoms with Crippen molar-refractivity contribution in [1.82, 2.24) is 25.3 Å². The molecule has 0 aromatic carbocycles. The van der Waals surface area contributed by atoms with E-state index in [1.165, 1.54) is 0 Å². The summed E-state index contributed by atoms with van der Waals surface area (Å²) >= 11 is 0. The summed E-state index contributed by atoms with van der Waals surface area (Å²) < 4.78 is 38.9. The van der Waals surface area contributed by atoms with Crippen LogP contribution in [0.2, 0.25) is 0 Å². The summed E-state index contributed by atoms with van der Waals surface area (Å²) in [6, 6.07) is -1.28. The minimum atomic E-state index is -3.01. The number of halogens is 2. The van der Waals surface area contributed by atoms with E-state index in [1.807, 2.05) is 0 Å². The minimum absolute atomic E-state index is 0.186. The van der Waals surface area contributed by atoms with Crippen LogP contribution in [0.15, 0.2) is 4.52 Å². The third kappa shape index (κ3) is 7.16. The number of carbonyl (C=O) groups excluding carboxylic acids is 3. The van der Waals surface area contributed by atoms with E-state index >= 15 is 0 Å². The summed E-state index contributed by atoms with van der Waals surface area (Å²) in [6.07, 6.45) is 3.99. The van der Waals surface area contributed by atoms with Crippen molar-refractivity contribution in [2.75, 3.05) is 19.6 Å². The number of alkyl carbamates (subject to hydrolysis) is 1. The van der Waals surface area contributed by atoms with Gasteiger partial charge in [-0.05, 0) is 46.5 Å². The number of likely N-dealkylation sites (tertiary alicyclic amines) is 2. The van der Waals surface area contributed by atoms with Gasteiger partial charge in [0.15, 0.2) is 5.82 Å². The SMILES string of the molecule is CC(C)(C)OC(=O)N[C@@H](CC(=O)N1CCC[C@H]1c1nc(C2CCCC2)no1)CN1CC(F)(F)CCC1=O. The summed E-state index contributed by atoms with van der Waals surface area (Å²) in [5.41, 5.74) is -0.790. The van der Waals surface area contributed by atoms with Crippen molar-refractivity contribution >= 4 is 17.9 Å². The third-order valence-electron chi connectivity index (χ3n) is 7.10. The molecular formula is C25H37F2N5O5. The molecule has 1 aliphatic carbocycles. The average molecular weight is 526 g/mol. The van der Waals surface area contributed by atoms with Gasteiger partial charge in [-0.2, -0.15) is 4.98 Å². The lowest BCUT2D eigenvalue weighted by atomic mass is 10.0. The van der Waals surface area contributed by atoms with Crippen LogP contribution in [0, 0.1) is 0 Å². The number of nitrogens with zero attached hydrogens (tertiary/aromatic N) is 4. The van der Waals surface area contributed by atoms with E-state index < -0.39 is 42.5 Å². The number of amides is 3. The smallest absolute Gasteiger partial charge is 0.407 e. The Balaban J connectivity index is 1.45. The fourth-order valence-corrected chi connectivity index (χ4v) is 5.34. The average Bonchev–Trinajstić information content (AvgIpc) is 3.55. The first-order valence-electron chi connectivity index (χ1n) is 13.2. The van der Waals surface area contributed by atoms with Crippen LogP contribution in [0.1, 0.15) is 102 Å². The van der Waals surface area contributed by atoms with Crippen LogP contribution >= 0.6 is 0 Å². The van der Waals surface area contributed by atoms with Gasteiger partial charge in [0, 0.05) is 38.3 Å². The first-order valence-corrected chi connectivity index (χ1v) is 13.2. The maximum absolute atomic E-state index is 14.0. The first kappa shape index (κ1) is 27.3. The van der Waals surface area contributed by atoms with E-state index in [0.717, 1.165) is 37.0 Å². The van der Waals surface area contributed by atoms with Crippen LogP contribution in [0.3, 0.4) is 0 Å². The highest BCUT2D eigenvalue weighted by Crippen LogP contribution is 2.36. The molecule has 0 spiro atoms. The van der Waals surface area contributed by atoms with Gasteiger partial charge in [-0.25, -0.2) is 13.6 Å². The molecular weight excluding hydrogens is 488 g/mol. The molecule has 0 unspecified atom stereocenters. The van der Waals surface area contributed by atoms with Crippen LogP contribution in [0.5, 0.6) is 0 Å². The Kier molecular flexibility index (Phi) is 8.03. The van der Waals surface area contributed by atoms with Gasteiger partial charge in [-0.1, -0.05) is 18.0 Å².